The van der Waals surface area contributed by atoms with Crippen LogP contribution in [0.25, 0.3) is 0 Å². The van der Waals surface area contributed by atoms with Gasteiger partial charge in [-0.3, -0.25) is 0 Å². The minimum Gasteiger partial charge on any atom is -0.493 e. The van der Waals surface area contributed by atoms with Crippen molar-refractivity contribution in [1.82, 2.24) is 0 Å². The fraction of sp³-hybridized carbons (Fsp3) is 0.613. The molecule has 2 aromatic carbocycles. The predicted molar refractivity (Wildman–Crippen MR) is 147 cm³/mol. The lowest BCUT2D eigenvalue weighted by Crippen LogP contribution is -2.41. The summed E-state index contributed by atoms with van der Waals surface area (Å²) in [6.07, 6.45) is 2.74. The Hall–Kier alpha value is -2.08. The zero-order chi connectivity index (χ0) is 26.2. The van der Waals surface area contributed by atoms with Crippen LogP contribution in [0.3, 0.4) is 0 Å². The van der Waals surface area contributed by atoms with Gasteiger partial charge >= 0.3 is 0 Å². The first-order valence-electron chi connectivity index (χ1n) is 13.4. The molecule has 0 bridgehead atoms. The van der Waals surface area contributed by atoms with Gasteiger partial charge in [-0.2, -0.15) is 0 Å². The minimum atomic E-state index is -0.128. The number of likely N-dealkylation sites (N-methyl/N-ethyl adjacent to an activating group) is 1. The molecule has 0 unspecified atom stereocenters. The van der Waals surface area contributed by atoms with Crippen LogP contribution in [0.5, 0.6) is 11.5 Å². The van der Waals surface area contributed by atoms with E-state index in [9.17, 15) is 0 Å². The number of ether oxygens (including phenoxy) is 4. The summed E-state index contributed by atoms with van der Waals surface area (Å²) >= 11 is 0. The molecule has 0 amide bonds. The van der Waals surface area contributed by atoms with E-state index >= 15 is 0 Å². The van der Waals surface area contributed by atoms with Crippen molar-refractivity contribution in [2.45, 2.75) is 72.1 Å². The Kier molecular flexibility index (Phi) is 9.85. The molecule has 1 aliphatic heterocycles. The summed E-state index contributed by atoms with van der Waals surface area (Å²) < 4.78 is 24.0. The average Bonchev–Trinajstić information content (AvgIpc) is 2.79. The van der Waals surface area contributed by atoms with Gasteiger partial charge in [0.25, 0.3) is 0 Å². The molecule has 0 aromatic heterocycles. The zero-order valence-corrected chi connectivity index (χ0v) is 23.6. The van der Waals surface area contributed by atoms with E-state index in [1.54, 1.807) is 0 Å². The highest BCUT2D eigenvalue weighted by atomic mass is 16.7. The number of hydrogen-bond acceptors (Lipinski definition) is 4. The third kappa shape index (κ3) is 9.76. The van der Waals surface area contributed by atoms with Crippen LogP contribution in [0, 0.1) is 5.41 Å². The molecule has 3 rings (SSSR count). The first kappa shape index (κ1) is 28.5. The zero-order valence-electron chi connectivity index (χ0n) is 23.6. The van der Waals surface area contributed by atoms with Crippen LogP contribution in [0.15, 0.2) is 48.5 Å². The second-order valence-electron chi connectivity index (χ2n) is 12.6. The number of rotatable bonds is 12. The van der Waals surface area contributed by atoms with Crippen molar-refractivity contribution in [1.29, 1.82) is 0 Å². The molecule has 1 heterocycles. The van der Waals surface area contributed by atoms with Crippen LogP contribution in [-0.4, -0.2) is 57.8 Å². The molecule has 2 aromatic rings. The van der Waals surface area contributed by atoms with Crippen LogP contribution in [0.2, 0.25) is 0 Å². The molecule has 1 fully saturated rings. The SMILES string of the molecule is CC(C)(C)CC(C)(C)c1ccc(OCC[N+](C)(C)Cc2ccc(OCCC3OCCCO3)cc2)cc1. The molecule has 0 atom stereocenters. The third-order valence-electron chi connectivity index (χ3n) is 6.63. The minimum absolute atomic E-state index is 0.128. The lowest BCUT2D eigenvalue weighted by atomic mass is 9.72. The summed E-state index contributed by atoms with van der Waals surface area (Å²) in [7, 11) is 4.49. The molecule has 1 aliphatic rings. The Morgan fingerprint density at radius 3 is 1.94 bits per heavy atom. The van der Waals surface area contributed by atoms with Crippen LogP contribution in [0.1, 0.15) is 65.0 Å². The average molecular weight is 499 g/mol. The van der Waals surface area contributed by atoms with E-state index < -0.39 is 0 Å². The molecule has 5 heteroatoms. The van der Waals surface area contributed by atoms with Crippen molar-refractivity contribution in [2.75, 3.05) is 47.1 Å². The molecule has 1 saturated heterocycles. The van der Waals surface area contributed by atoms with Gasteiger partial charge in [0.2, 0.25) is 0 Å². The highest BCUT2D eigenvalue weighted by Gasteiger charge is 2.27. The van der Waals surface area contributed by atoms with Gasteiger partial charge in [0.1, 0.15) is 31.2 Å². The van der Waals surface area contributed by atoms with E-state index in [0.29, 0.717) is 18.6 Å². The van der Waals surface area contributed by atoms with E-state index in [2.05, 4.69) is 97.2 Å². The fourth-order valence-electron chi connectivity index (χ4n) is 5.08. The Labute approximate surface area is 219 Å². The van der Waals surface area contributed by atoms with Gasteiger partial charge in [-0.25, -0.2) is 0 Å². The van der Waals surface area contributed by atoms with Gasteiger partial charge in [-0.1, -0.05) is 46.8 Å². The molecule has 0 N–H and O–H groups in total. The second kappa shape index (κ2) is 12.4. The summed E-state index contributed by atoms with van der Waals surface area (Å²) in [4.78, 5) is 0. The van der Waals surface area contributed by atoms with Crippen molar-refractivity contribution >= 4 is 0 Å². The largest absolute Gasteiger partial charge is 0.493 e. The summed E-state index contributed by atoms with van der Waals surface area (Å²) in [5.41, 5.74) is 3.10. The van der Waals surface area contributed by atoms with Gasteiger partial charge < -0.3 is 23.4 Å². The summed E-state index contributed by atoms with van der Waals surface area (Å²) in [5, 5.41) is 0. The number of quaternary nitrogens is 1. The Bertz CT molecular complexity index is 907. The van der Waals surface area contributed by atoms with E-state index in [1.165, 1.54) is 11.1 Å². The van der Waals surface area contributed by atoms with Crippen molar-refractivity contribution in [2.24, 2.45) is 5.41 Å². The third-order valence-corrected chi connectivity index (χ3v) is 6.63. The van der Waals surface area contributed by atoms with Crippen LogP contribution in [0.4, 0.5) is 0 Å². The van der Waals surface area contributed by atoms with Crippen LogP contribution < -0.4 is 9.47 Å². The monoisotopic (exact) mass is 498 g/mol. The second-order valence-corrected chi connectivity index (χ2v) is 12.6. The summed E-state index contributed by atoms with van der Waals surface area (Å²) in [6.45, 7) is 16.3. The summed E-state index contributed by atoms with van der Waals surface area (Å²) in [5.74, 6) is 1.83. The van der Waals surface area contributed by atoms with Gasteiger partial charge in [0.15, 0.2) is 6.29 Å². The van der Waals surface area contributed by atoms with Gasteiger partial charge in [-0.15, -0.1) is 0 Å². The Morgan fingerprint density at radius 2 is 1.36 bits per heavy atom. The van der Waals surface area contributed by atoms with E-state index in [1.807, 2.05) is 0 Å². The smallest absolute Gasteiger partial charge is 0.160 e. The number of hydrogen-bond donors (Lipinski definition) is 0. The van der Waals surface area contributed by atoms with E-state index in [-0.39, 0.29) is 11.7 Å². The van der Waals surface area contributed by atoms with Crippen LogP contribution >= 0.6 is 0 Å². The first-order valence-corrected chi connectivity index (χ1v) is 13.4. The van der Waals surface area contributed by atoms with Crippen molar-refractivity contribution in [3.63, 3.8) is 0 Å². The lowest BCUT2D eigenvalue weighted by Gasteiger charge is -2.33. The standard InChI is InChI=1S/C31H48NO4/c1-30(2,3)24-31(4,5)26-11-15-28(16-12-26)34-22-18-32(6,7)23-25-9-13-27(14-10-25)33-21-17-29-35-19-8-20-36-29/h9-16,29H,8,17-24H2,1-7H3/q+1. The summed E-state index contributed by atoms with van der Waals surface area (Å²) in [6, 6.07) is 17.1. The van der Waals surface area contributed by atoms with Crippen molar-refractivity contribution in [3.05, 3.63) is 59.7 Å². The molecule has 0 saturated carbocycles. The van der Waals surface area contributed by atoms with Crippen molar-refractivity contribution in [3.8, 4) is 11.5 Å². The van der Waals surface area contributed by atoms with Gasteiger partial charge in [0.05, 0.1) is 33.9 Å². The quantitative estimate of drug-likeness (QED) is 0.310. The molecule has 200 valence electrons. The molecule has 5 nitrogen and oxygen atoms in total. The Balaban J connectivity index is 1.40. The molecule has 36 heavy (non-hydrogen) atoms. The Morgan fingerprint density at radius 1 is 0.806 bits per heavy atom. The number of nitrogens with zero attached hydrogens (tertiary/aromatic N) is 1. The highest BCUT2D eigenvalue weighted by Crippen LogP contribution is 2.36. The molecular weight excluding hydrogens is 450 g/mol. The normalized spacial score (nSPS) is 15.6. The maximum atomic E-state index is 6.11. The van der Waals surface area contributed by atoms with Gasteiger partial charge in [-0.05, 0) is 65.6 Å². The molecule has 0 aliphatic carbocycles. The fourth-order valence-corrected chi connectivity index (χ4v) is 5.08. The van der Waals surface area contributed by atoms with E-state index in [0.717, 1.165) is 61.5 Å². The van der Waals surface area contributed by atoms with E-state index in [4.69, 9.17) is 18.9 Å². The lowest BCUT2D eigenvalue weighted by molar-refractivity contribution is -0.903. The first-order chi connectivity index (χ1) is 16.9. The predicted octanol–water partition coefficient (Wildman–Crippen LogP) is 6.59. The maximum Gasteiger partial charge on any atom is 0.160 e. The van der Waals surface area contributed by atoms with Crippen LogP contribution in [-0.2, 0) is 21.4 Å². The highest BCUT2D eigenvalue weighted by molar-refractivity contribution is 5.32. The molecule has 0 spiro atoms. The molecular formula is C31H48NO4+. The topological polar surface area (TPSA) is 36.9 Å². The molecule has 0 radical (unpaired) electrons. The maximum absolute atomic E-state index is 6.11. The number of benzene rings is 2. The van der Waals surface area contributed by atoms with Gasteiger partial charge in [0, 0.05) is 12.0 Å². The van der Waals surface area contributed by atoms with Crippen molar-refractivity contribution < 1.29 is 23.4 Å².